The summed E-state index contributed by atoms with van der Waals surface area (Å²) in [6, 6.07) is 2.15. The molecule has 1 fully saturated rings. The molecule has 2 aromatic heterocycles. The number of nitrogens with zero attached hydrogens (tertiary/aromatic N) is 3. The smallest absolute Gasteiger partial charge is 0.214 e. The van der Waals surface area contributed by atoms with E-state index < -0.39 is 10.0 Å². The lowest BCUT2D eigenvalue weighted by atomic mass is 9.83. The summed E-state index contributed by atoms with van der Waals surface area (Å²) in [5, 5.41) is 0. The molecule has 0 saturated carbocycles. The van der Waals surface area contributed by atoms with Crippen molar-refractivity contribution in [1.29, 1.82) is 0 Å². The van der Waals surface area contributed by atoms with E-state index in [1.165, 1.54) is 10.4 Å². The molecule has 7 nitrogen and oxygen atoms in total. The van der Waals surface area contributed by atoms with Gasteiger partial charge in [0.2, 0.25) is 10.0 Å². The van der Waals surface area contributed by atoms with E-state index in [-0.39, 0.29) is 11.4 Å². The van der Waals surface area contributed by atoms with Gasteiger partial charge in [0.05, 0.1) is 40.9 Å². The molecule has 2 aliphatic heterocycles. The summed E-state index contributed by atoms with van der Waals surface area (Å²) in [5.41, 5.74) is 7.27. The van der Waals surface area contributed by atoms with Crippen LogP contribution in [0.2, 0.25) is 0 Å². The fourth-order valence-corrected chi connectivity index (χ4v) is 6.85. The van der Waals surface area contributed by atoms with Gasteiger partial charge in [0.1, 0.15) is 5.82 Å². The molecule has 1 saturated heterocycles. The average Bonchev–Trinajstić information content (AvgIpc) is 3.13. The first-order valence-electron chi connectivity index (χ1n) is 9.76. The predicted molar refractivity (Wildman–Crippen MR) is 111 cm³/mol. The Balaban J connectivity index is 1.56. The number of aromatic nitrogens is 2. The predicted octanol–water partition coefficient (Wildman–Crippen LogP) is 2.78. The standard InChI is InChI=1S/C19H26N4O3S2/c1-2-3-10-28(24,25)23-7-5-19(6-8-23)14-11-17(27-16(14)4-9-26-19)15-12-22-18(20)13-21-15/h11-13H,2-10H2,1H3,(H2,20,22). The lowest BCUT2D eigenvalue weighted by molar-refractivity contribution is -0.0882. The Morgan fingerprint density at radius 1 is 1.29 bits per heavy atom. The van der Waals surface area contributed by atoms with Crippen molar-refractivity contribution in [3.8, 4) is 10.6 Å². The van der Waals surface area contributed by atoms with E-state index in [1.807, 2.05) is 6.92 Å². The number of unbranched alkanes of at least 4 members (excludes halogenated alkanes) is 1. The van der Waals surface area contributed by atoms with Gasteiger partial charge in [-0.3, -0.25) is 0 Å². The van der Waals surface area contributed by atoms with Crippen LogP contribution in [0.5, 0.6) is 0 Å². The molecule has 0 aliphatic carbocycles. The van der Waals surface area contributed by atoms with Gasteiger partial charge in [0.15, 0.2) is 0 Å². The van der Waals surface area contributed by atoms with Gasteiger partial charge in [-0.15, -0.1) is 11.3 Å². The summed E-state index contributed by atoms with van der Waals surface area (Å²) in [4.78, 5) is 10.9. The number of piperidine rings is 1. The third-order valence-electron chi connectivity index (χ3n) is 5.61. The second-order valence-corrected chi connectivity index (χ2v) is 10.7. The summed E-state index contributed by atoms with van der Waals surface area (Å²) in [7, 11) is -3.17. The summed E-state index contributed by atoms with van der Waals surface area (Å²) in [6.07, 6.45) is 7.12. The van der Waals surface area contributed by atoms with Crippen LogP contribution >= 0.6 is 11.3 Å². The summed E-state index contributed by atoms with van der Waals surface area (Å²) in [6.45, 7) is 3.71. The second kappa shape index (κ2) is 7.70. The molecule has 2 N–H and O–H groups in total. The van der Waals surface area contributed by atoms with Gasteiger partial charge >= 0.3 is 0 Å². The second-order valence-electron chi connectivity index (χ2n) is 7.44. The Morgan fingerprint density at radius 3 is 2.75 bits per heavy atom. The van der Waals surface area contributed by atoms with Crippen LogP contribution in [-0.2, 0) is 26.8 Å². The first-order valence-corrected chi connectivity index (χ1v) is 12.2. The van der Waals surface area contributed by atoms with Gasteiger partial charge in [-0.1, -0.05) is 13.3 Å². The van der Waals surface area contributed by atoms with Crippen LogP contribution < -0.4 is 5.73 Å². The highest BCUT2D eigenvalue weighted by Crippen LogP contribution is 2.46. The molecule has 9 heteroatoms. The molecule has 0 amide bonds. The molecule has 2 aliphatic rings. The maximum Gasteiger partial charge on any atom is 0.214 e. The topological polar surface area (TPSA) is 98.4 Å². The van der Waals surface area contributed by atoms with Crippen LogP contribution in [0, 0.1) is 0 Å². The molecule has 0 unspecified atom stereocenters. The van der Waals surface area contributed by atoms with Crippen molar-refractivity contribution in [1.82, 2.24) is 14.3 Å². The van der Waals surface area contributed by atoms with Crippen LogP contribution in [0.1, 0.15) is 43.0 Å². The van der Waals surface area contributed by atoms with Crippen molar-refractivity contribution in [2.75, 3.05) is 31.2 Å². The van der Waals surface area contributed by atoms with Crippen molar-refractivity contribution in [3.05, 3.63) is 28.9 Å². The van der Waals surface area contributed by atoms with Gasteiger partial charge in [-0.2, -0.15) is 0 Å². The minimum absolute atomic E-state index is 0.237. The SMILES string of the molecule is CCCCS(=O)(=O)N1CCC2(CC1)OCCc1sc(-c3cnc(N)cn3)cc12. The van der Waals surface area contributed by atoms with E-state index in [2.05, 4.69) is 16.0 Å². The van der Waals surface area contributed by atoms with E-state index in [1.54, 1.807) is 28.0 Å². The van der Waals surface area contributed by atoms with Crippen molar-refractivity contribution < 1.29 is 13.2 Å². The number of fused-ring (bicyclic) bond motifs is 2. The van der Waals surface area contributed by atoms with Crippen LogP contribution in [0.3, 0.4) is 0 Å². The average molecular weight is 423 g/mol. The van der Waals surface area contributed by atoms with Crippen molar-refractivity contribution >= 4 is 27.2 Å². The zero-order valence-corrected chi connectivity index (χ0v) is 17.7. The minimum atomic E-state index is -3.17. The number of hydrogen-bond acceptors (Lipinski definition) is 7. The number of thiophene rings is 1. The number of hydrogen-bond donors (Lipinski definition) is 1. The summed E-state index contributed by atoms with van der Waals surface area (Å²) in [5.74, 6) is 0.641. The maximum atomic E-state index is 12.5. The molecule has 0 atom stereocenters. The van der Waals surface area contributed by atoms with E-state index in [9.17, 15) is 8.42 Å². The third kappa shape index (κ3) is 3.68. The van der Waals surface area contributed by atoms with Crippen LogP contribution in [0.4, 0.5) is 5.82 Å². The number of nitrogen functional groups attached to an aromatic ring is 1. The maximum absolute atomic E-state index is 12.5. The van der Waals surface area contributed by atoms with Crippen LogP contribution in [0.25, 0.3) is 10.6 Å². The Hall–Kier alpha value is -1.55. The highest BCUT2D eigenvalue weighted by Gasteiger charge is 2.44. The molecule has 4 heterocycles. The normalized spacial score (nSPS) is 19.6. The zero-order valence-electron chi connectivity index (χ0n) is 16.1. The number of anilines is 1. The summed E-state index contributed by atoms with van der Waals surface area (Å²) < 4.78 is 33.0. The molecule has 0 bridgehead atoms. The monoisotopic (exact) mass is 422 g/mol. The number of ether oxygens (including phenoxy) is 1. The van der Waals surface area contributed by atoms with Crippen molar-refractivity contribution in [3.63, 3.8) is 0 Å². The van der Waals surface area contributed by atoms with Gasteiger partial charge in [-0.05, 0) is 30.9 Å². The van der Waals surface area contributed by atoms with Crippen molar-refractivity contribution in [2.45, 2.75) is 44.6 Å². The van der Waals surface area contributed by atoms with Crippen molar-refractivity contribution in [2.24, 2.45) is 0 Å². The van der Waals surface area contributed by atoms with Crippen LogP contribution in [-0.4, -0.2) is 48.1 Å². The molecule has 1 spiro atoms. The van der Waals surface area contributed by atoms with Gasteiger partial charge < -0.3 is 10.5 Å². The number of sulfonamides is 1. The van der Waals surface area contributed by atoms with Crippen LogP contribution in [0.15, 0.2) is 18.5 Å². The largest absolute Gasteiger partial charge is 0.382 e. The number of nitrogens with two attached hydrogens (primary N) is 1. The van der Waals surface area contributed by atoms with E-state index in [4.69, 9.17) is 10.5 Å². The molecule has 152 valence electrons. The summed E-state index contributed by atoms with van der Waals surface area (Å²) >= 11 is 1.72. The molecule has 0 radical (unpaired) electrons. The molecule has 4 rings (SSSR count). The Labute approximate surface area is 170 Å². The third-order valence-corrected chi connectivity index (χ3v) is 8.78. The van der Waals surface area contributed by atoms with E-state index in [0.29, 0.717) is 44.8 Å². The van der Waals surface area contributed by atoms with E-state index in [0.717, 1.165) is 23.4 Å². The highest BCUT2D eigenvalue weighted by atomic mass is 32.2. The Kier molecular flexibility index (Phi) is 5.43. The molecular formula is C19H26N4O3S2. The molecule has 0 aromatic carbocycles. The fourth-order valence-electron chi connectivity index (χ4n) is 4.00. The molecule has 2 aromatic rings. The Morgan fingerprint density at radius 2 is 2.07 bits per heavy atom. The quantitative estimate of drug-likeness (QED) is 0.796. The van der Waals surface area contributed by atoms with Gasteiger partial charge in [0.25, 0.3) is 0 Å². The molecule has 28 heavy (non-hydrogen) atoms. The van der Waals surface area contributed by atoms with Gasteiger partial charge in [0, 0.05) is 24.4 Å². The highest BCUT2D eigenvalue weighted by molar-refractivity contribution is 7.89. The fraction of sp³-hybridized carbons (Fsp3) is 0.579. The number of rotatable bonds is 5. The minimum Gasteiger partial charge on any atom is -0.382 e. The molecular weight excluding hydrogens is 396 g/mol. The first kappa shape index (κ1) is 19.8. The van der Waals surface area contributed by atoms with Gasteiger partial charge in [-0.25, -0.2) is 22.7 Å². The Bertz CT molecular complexity index is 933. The lowest BCUT2D eigenvalue weighted by Gasteiger charge is -2.43. The van der Waals surface area contributed by atoms with E-state index >= 15 is 0 Å². The lowest BCUT2D eigenvalue weighted by Crippen LogP contribution is -2.48. The first-order chi connectivity index (χ1) is 13.4. The zero-order chi connectivity index (χ0) is 19.8.